The van der Waals surface area contributed by atoms with E-state index in [2.05, 4.69) is 30.4 Å². The van der Waals surface area contributed by atoms with Crippen LogP contribution in [-0.2, 0) is 24.7 Å². The Hall–Kier alpha value is -1.32. The number of rotatable bonds is 3. The molecule has 2 atom stereocenters. The molecule has 1 aliphatic carbocycles. The Morgan fingerprint density at radius 3 is 2.94 bits per heavy atom. The Balaban J connectivity index is 2.31. The van der Waals surface area contributed by atoms with E-state index in [0.717, 1.165) is 30.8 Å². The first-order valence-electron chi connectivity index (χ1n) is 6.31. The second-order valence-electron chi connectivity index (χ2n) is 5.01. The molecule has 0 bridgehead atoms. The van der Waals surface area contributed by atoms with E-state index in [4.69, 9.17) is 5.11 Å². The summed E-state index contributed by atoms with van der Waals surface area (Å²) in [6.45, 7) is 4.32. The summed E-state index contributed by atoms with van der Waals surface area (Å²) in [4.78, 5) is 15.7. The normalized spacial score (nSPS) is 21.0. The van der Waals surface area contributed by atoms with Crippen LogP contribution < -0.4 is 0 Å². The van der Waals surface area contributed by atoms with Crippen LogP contribution in [-0.4, -0.2) is 20.6 Å². The molecule has 0 spiro atoms. The lowest BCUT2D eigenvalue weighted by atomic mass is 9.90. The molecule has 4 heteroatoms. The fourth-order valence-electron chi connectivity index (χ4n) is 2.57. The molecule has 0 fully saturated rings. The molecule has 2 rings (SSSR count). The number of carboxylic acid groups (broad SMARTS) is 1. The van der Waals surface area contributed by atoms with E-state index in [0.29, 0.717) is 12.3 Å². The number of hydrogen-bond donors (Lipinski definition) is 1. The molecule has 0 aromatic carbocycles. The molecule has 1 heterocycles. The summed E-state index contributed by atoms with van der Waals surface area (Å²) in [6.07, 6.45) is 3.23. The lowest BCUT2D eigenvalue weighted by molar-refractivity contribution is -0.142. The van der Waals surface area contributed by atoms with Gasteiger partial charge in [0.15, 0.2) is 0 Å². The predicted molar refractivity (Wildman–Crippen MR) is 65.1 cm³/mol. The van der Waals surface area contributed by atoms with Gasteiger partial charge in [0, 0.05) is 25.1 Å². The highest BCUT2D eigenvalue weighted by Gasteiger charge is 2.29. The summed E-state index contributed by atoms with van der Waals surface area (Å²) < 4.78 is 2.17. The average molecular weight is 236 g/mol. The number of carbonyl (C=O) groups is 1. The Kier molecular flexibility index (Phi) is 3.22. The number of aromatic nitrogens is 2. The van der Waals surface area contributed by atoms with E-state index in [1.807, 2.05) is 0 Å². The maximum absolute atomic E-state index is 11.0. The van der Waals surface area contributed by atoms with Gasteiger partial charge in [0.1, 0.15) is 5.82 Å². The minimum Gasteiger partial charge on any atom is -0.481 e. The van der Waals surface area contributed by atoms with Crippen LogP contribution in [0.5, 0.6) is 0 Å². The Labute approximate surface area is 102 Å². The highest BCUT2D eigenvalue weighted by atomic mass is 16.4. The van der Waals surface area contributed by atoms with Crippen LogP contribution in [0.4, 0.5) is 0 Å². The monoisotopic (exact) mass is 236 g/mol. The molecule has 0 saturated carbocycles. The van der Waals surface area contributed by atoms with E-state index in [1.54, 1.807) is 0 Å². The zero-order valence-electron chi connectivity index (χ0n) is 10.7. The third-order valence-corrected chi connectivity index (χ3v) is 3.90. The molecular formula is C13H20N2O2. The molecule has 0 radical (unpaired) electrons. The van der Waals surface area contributed by atoms with Gasteiger partial charge in [0.2, 0.25) is 0 Å². The van der Waals surface area contributed by atoms with Crippen LogP contribution >= 0.6 is 0 Å². The van der Waals surface area contributed by atoms with Gasteiger partial charge in [-0.3, -0.25) is 4.79 Å². The van der Waals surface area contributed by atoms with Crippen molar-refractivity contribution >= 4 is 5.97 Å². The van der Waals surface area contributed by atoms with Gasteiger partial charge >= 0.3 is 5.97 Å². The third-order valence-electron chi connectivity index (χ3n) is 3.90. The smallest absolute Gasteiger partial charge is 0.306 e. The molecule has 0 amide bonds. The summed E-state index contributed by atoms with van der Waals surface area (Å²) in [7, 11) is 2.05. The highest BCUT2D eigenvalue weighted by Crippen LogP contribution is 2.28. The molecule has 0 aliphatic heterocycles. The maximum Gasteiger partial charge on any atom is 0.306 e. The lowest BCUT2D eigenvalue weighted by Crippen LogP contribution is -2.22. The van der Waals surface area contributed by atoms with Crippen molar-refractivity contribution in [2.24, 2.45) is 13.0 Å². The number of nitrogens with zero attached hydrogens (tertiary/aromatic N) is 2. The minimum atomic E-state index is -0.689. The summed E-state index contributed by atoms with van der Waals surface area (Å²) >= 11 is 0. The fraction of sp³-hybridized carbons (Fsp3) is 0.692. The first-order valence-corrected chi connectivity index (χ1v) is 6.31. The van der Waals surface area contributed by atoms with Crippen molar-refractivity contribution in [2.75, 3.05) is 0 Å². The second kappa shape index (κ2) is 4.51. The summed E-state index contributed by atoms with van der Waals surface area (Å²) in [5.74, 6) is 0.603. The van der Waals surface area contributed by atoms with Crippen molar-refractivity contribution in [3.05, 3.63) is 17.2 Å². The highest BCUT2D eigenvalue weighted by molar-refractivity contribution is 5.70. The first-order chi connectivity index (χ1) is 8.04. The van der Waals surface area contributed by atoms with Crippen molar-refractivity contribution in [3.63, 3.8) is 0 Å². The average Bonchev–Trinajstić information content (AvgIpc) is 2.65. The molecule has 94 valence electrons. The number of imidazole rings is 1. The van der Waals surface area contributed by atoms with Crippen LogP contribution in [0, 0.1) is 5.92 Å². The number of hydrogen-bond acceptors (Lipinski definition) is 2. The molecule has 1 N–H and O–H groups in total. The molecule has 17 heavy (non-hydrogen) atoms. The van der Waals surface area contributed by atoms with Gasteiger partial charge in [-0.1, -0.05) is 13.8 Å². The summed E-state index contributed by atoms with van der Waals surface area (Å²) in [5, 5.41) is 9.06. The van der Waals surface area contributed by atoms with Crippen molar-refractivity contribution in [1.29, 1.82) is 0 Å². The van der Waals surface area contributed by atoms with E-state index >= 15 is 0 Å². The zero-order valence-corrected chi connectivity index (χ0v) is 10.7. The molecule has 4 nitrogen and oxygen atoms in total. The van der Waals surface area contributed by atoms with E-state index in [-0.39, 0.29) is 5.92 Å². The van der Waals surface area contributed by atoms with E-state index < -0.39 is 5.97 Å². The maximum atomic E-state index is 11.0. The first kappa shape index (κ1) is 12.1. The fourth-order valence-corrected chi connectivity index (χ4v) is 2.57. The standard InChI is InChI=1S/C13H20N2O2/c1-4-8(2)12-14-10-7-9(13(16)17)5-6-11(10)15(12)3/h8-9H,4-7H2,1-3H3,(H,16,17). The van der Waals surface area contributed by atoms with E-state index in [9.17, 15) is 4.79 Å². The van der Waals surface area contributed by atoms with Crippen LogP contribution in [0.25, 0.3) is 0 Å². The Bertz CT molecular complexity index is 437. The molecule has 1 aliphatic rings. The van der Waals surface area contributed by atoms with Gasteiger partial charge in [-0.15, -0.1) is 0 Å². The minimum absolute atomic E-state index is 0.248. The summed E-state index contributed by atoms with van der Waals surface area (Å²) in [5.41, 5.74) is 2.24. The summed E-state index contributed by atoms with van der Waals surface area (Å²) in [6, 6.07) is 0. The van der Waals surface area contributed by atoms with Crippen LogP contribution in [0.2, 0.25) is 0 Å². The number of carboxylic acids is 1. The quantitative estimate of drug-likeness (QED) is 0.874. The van der Waals surface area contributed by atoms with Gasteiger partial charge in [-0.25, -0.2) is 4.98 Å². The van der Waals surface area contributed by atoms with Gasteiger partial charge in [0.25, 0.3) is 0 Å². The third kappa shape index (κ3) is 2.08. The van der Waals surface area contributed by atoms with Crippen molar-refractivity contribution in [3.8, 4) is 0 Å². The van der Waals surface area contributed by atoms with Crippen LogP contribution in [0.3, 0.4) is 0 Å². The number of fused-ring (bicyclic) bond motifs is 1. The largest absolute Gasteiger partial charge is 0.481 e. The van der Waals surface area contributed by atoms with Gasteiger partial charge in [0.05, 0.1) is 11.6 Å². The van der Waals surface area contributed by atoms with Crippen molar-refractivity contribution < 1.29 is 9.90 Å². The topological polar surface area (TPSA) is 55.1 Å². The second-order valence-corrected chi connectivity index (χ2v) is 5.01. The lowest BCUT2D eigenvalue weighted by Gasteiger charge is -2.18. The van der Waals surface area contributed by atoms with Crippen LogP contribution in [0.1, 0.15) is 49.8 Å². The number of aliphatic carboxylic acids is 1. The molecule has 1 aromatic rings. The molecule has 2 unspecified atom stereocenters. The zero-order chi connectivity index (χ0) is 12.6. The SMILES string of the molecule is CCC(C)c1nc2c(n1C)CCC(C(=O)O)C2. The van der Waals surface area contributed by atoms with E-state index in [1.165, 1.54) is 5.69 Å². The molecular weight excluding hydrogens is 216 g/mol. The van der Waals surface area contributed by atoms with Gasteiger partial charge in [-0.05, 0) is 19.3 Å². The Morgan fingerprint density at radius 1 is 1.65 bits per heavy atom. The van der Waals surface area contributed by atoms with Gasteiger partial charge < -0.3 is 9.67 Å². The van der Waals surface area contributed by atoms with Crippen molar-refractivity contribution in [1.82, 2.24) is 9.55 Å². The van der Waals surface area contributed by atoms with Crippen molar-refractivity contribution in [2.45, 2.75) is 45.4 Å². The van der Waals surface area contributed by atoms with Crippen LogP contribution in [0.15, 0.2) is 0 Å². The Morgan fingerprint density at radius 2 is 2.35 bits per heavy atom. The predicted octanol–water partition coefficient (Wildman–Crippen LogP) is 2.12. The molecule has 1 aromatic heterocycles. The molecule has 0 saturated heterocycles. The van der Waals surface area contributed by atoms with Gasteiger partial charge in [-0.2, -0.15) is 0 Å².